The number of rotatable bonds is 5. The summed E-state index contributed by atoms with van der Waals surface area (Å²) in [5.41, 5.74) is 4.15. The summed E-state index contributed by atoms with van der Waals surface area (Å²) in [4.78, 5) is 17.4. The first-order valence-corrected chi connectivity index (χ1v) is 11.6. The number of piperidine rings is 1. The molecule has 1 fully saturated rings. The molecule has 0 aliphatic carbocycles. The van der Waals surface area contributed by atoms with Crippen molar-refractivity contribution in [2.75, 3.05) is 13.1 Å². The SMILES string of the molecule is C[C@H](c1c(Cl)ccc(F)c1Cl)n1ccc2ncc(-c3cnn(C4CCN(C=O)CC4)c3)cc21. The van der Waals surface area contributed by atoms with Gasteiger partial charge in [-0.25, -0.2) is 4.39 Å². The maximum absolute atomic E-state index is 14.1. The Balaban J connectivity index is 1.47. The minimum absolute atomic E-state index is 0.0304. The zero-order valence-electron chi connectivity index (χ0n) is 18.0. The maximum atomic E-state index is 14.1. The van der Waals surface area contributed by atoms with Gasteiger partial charge in [-0.2, -0.15) is 5.10 Å². The van der Waals surface area contributed by atoms with Crippen LogP contribution in [0.1, 0.15) is 37.4 Å². The van der Waals surface area contributed by atoms with E-state index < -0.39 is 5.82 Å². The molecule has 0 spiro atoms. The van der Waals surface area contributed by atoms with Crippen LogP contribution in [-0.2, 0) is 4.79 Å². The highest BCUT2D eigenvalue weighted by Crippen LogP contribution is 2.36. The van der Waals surface area contributed by atoms with E-state index in [1.165, 1.54) is 12.1 Å². The second kappa shape index (κ2) is 8.80. The second-order valence-corrected chi connectivity index (χ2v) is 9.15. The molecule has 1 aliphatic rings. The van der Waals surface area contributed by atoms with Crippen LogP contribution >= 0.6 is 23.2 Å². The minimum Gasteiger partial charge on any atom is -0.345 e. The smallest absolute Gasteiger partial charge is 0.209 e. The zero-order chi connectivity index (χ0) is 23.1. The first-order chi connectivity index (χ1) is 16.0. The fourth-order valence-electron chi connectivity index (χ4n) is 4.53. The van der Waals surface area contributed by atoms with Crippen LogP contribution in [0.3, 0.4) is 0 Å². The highest BCUT2D eigenvalue weighted by molar-refractivity contribution is 6.36. The van der Waals surface area contributed by atoms with E-state index in [1.54, 1.807) is 4.90 Å². The number of nitrogens with zero attached hydrogens (tertiary/aromatic N) is 5. The third-order valence-electron chi connectivity index (χ3n) is 6.44. The van der Waals surface area contributed by atoms with Gasteiger partial charge in [0.05, 0.1) is 34.3 Å². The minimum atomic E-state index is -0.496. The van der Waals surface area contributed by atoms with Crippen LogP contribution in [0.15, 0.2) is 49.1 Å². The topological polar surface area (TPSA) is 56.0 Å². The van der Waals surface area contributed by atoms with Gasteiger partial charge in [0, 0.05) is 53.4 Å². The van der Waals surface area contributed by atoms with Gasteiger partial charge < -0.3 is 9.47 Å². The number of benzene rings is 1. The van der Waals surface area contributed by atoms with Crippen molar-refractivity contribution in [3.8, 4) is 11.1 Å². The Morgan fingerprint density at radius 2 is 1.94 bits per heavy atom. The van der Waals surface area contributed by atoms with Gasteiger partial charge in [-0.1, -0.05) is 23.2 Å². The Morgan fingerprint density at radius 1 is 1.15 bits per heavy atom. The van der Waals surface area contributed by atoms with Crippen molar-refractivity contribution in [3.63, 3.8) is 0 Å². The zero-order valence-corrected chi connectivity index (χ0v) is 19.5. The molecule has 33 heavy (non-hydrogen) atoms. The molecule has 170 valence electrons. The standard InChI is InChI=1S/C24H22Cl2FN5O/c1-15(23-19(25)2-3-20(27)24(23)26)31-9-6-21-22(31)10-16(11-28-21)17-12-29-32(13-17)18-4-7-30(14-33)8-5-18/h2-3,6,9-15,18H,4-5,7-8H2,1H3/t15-/m1/s1. The number of fused-ring (bicyclic) bond motifs is 1. The molecule has 3 aromatic heterocycles. The van der Waals surface area contributed by atoms with Crippen LogP contribution in [0.25, 0.3) is 22.2 Å². The van der Waals surface area contributed by atoms with Crippen LogP contribution in [0.5, 0.6) is 0 Å². The van der Waals surface area contributed by atoms with Gasteiger partial charge in [0.1, 0.15) is 5.82 Å². The van der Waals surface area contributed by atoms with Crippen molar-refractivity contribution in [1.29, 1.82) is 0 Å². The molecule has 0 saturated carbocycles. The van der Waals surface area contributed by atoms with Gasteiger partial charge in [0.25, 0.3) is 0 Å². The first-order valence-electron chi connectivity index (χ1n) is 10.8. The Kier molecular flexibility index (Phi) is 5.85. The van der Waals surface area contributed by atoms with Gasteiger partial charge in [0.2, 0.25) is 6.41 Å². The molecule has 1 aliphatic heterocycles. The molecule has 6 nitrogen and oxygen atoms in total. The van der Waals surface area contributed by atoms with E-state index in [0.29, 0.717) is 10.6 Å². The predicted octanol–water partition coefficient (Wildman–Crippen LogP) is 5.75. The summed E-state index contributed by atoms with van der Waals surface area (Å²) >= 11 is 12.6. The van der Waals surface area contributed by atoms with Crippen molar-refractivity contribution in [3.05, 3.63) is 70.5 Å². The molecule has 5 rings (SSSR count). The number of aromatic nitrogens is 4. The molecule has 4 heterocycles. The van der Waals surface area contributed by atoms with Crippen molar-refractivity contribution >= 4 is 40.6 Å². The maximum Gasteiger partial charge on any atom is 0.209 e. The molecule has 1 saturated heterocycles. The fourth-order valence-corrected chi connectivity index (χ4v) is 5.22. The van der Waals surface area contributed by atoms with Crippen molar-refractivity contribution in [2.45, 2.75) is 31.8 Å². The summed E-state index contributed by atoms with van der Waals surface area (Å²) in [6.07, 6.45) is 10.3. The summed E-state index contributed by atoms with van der Waals surface area (Å²) in [5.74, 6) is -0.496. The van der Waals surface area contributed by atoms with E-state index in [9.17, 15) is 9.18 Å². The molecule has 9 heteroatoms. The lowest BCUT2D eigenvalue weighted by Gasteiger charge is -2.29. The first kappa shape index (κ1) is 21.9. The Hall–Kier alpha value is -2.90. The number of hydrogen-bond donors (Lipinski definition) is 0. The molecular weight excluding hydrogens is 464 g/mol. The molecule has 0 unspecified atom stereocenters. The monoisotopic (exact) mass is 485 g/mol. The fraction of sp³-hybridized carbons (Fsp3) is 0.292. The van der Waals surface area contributed by atoms with E-state index in [-0.39, 0.29) is 17.1 Å². The average molecular weight is 486 g/mol. The summed E-state index contributed by atoms with van der Waals surface area (Å²) in [6.45, 7) is 3.42. The third-order valence-corrected chi connectivity index (χ3v) is 7.15. The number of pyridine rings is 1. The van der Waals surface area contributed by atoms with Gasteiger partial charge in [-0.15, -0.1) is 0 Å². The molecule has 1 aromatic carbocycles. The summed E-state index contributed by atoms with van der Waals surface area (Å²) in [7, 11) is 0. The van der Waals surface area contributed by atoms with E-state index in [1.807, 2.05) is 47.0 Å². The number of carbonyl (C=O) groups is 1. The molecule has 0 bridgehead atoms. The van der Waals surface area contributed by atoms with Crippen molar-refractivity contribution in [2.24, 2.45) is 0 Å². The Morgan fingerprint density at radius 3 is 2.70 bits per heavy atom. The van der Waals surface area contributed by atoms with E-state index >= 15 is 0 Å². The second-order valence-electron chi connectivity index (χ2n) is 8.37. The number of amides is 1. The number of hydrogen-bond acceptors (Lipinski definition) is 3. The summed E-state index contributed by atoms with van der Waals surface area (Å²) in [6, 6.07) is 6.75. The normalized spacial score (nSPS) is 15.8. The largest absolute Gasteiger partial charge is 0.345 e. The number of likely N-dealkylation sites (tertiary alicyclic amines) is 1. The third kappa shape index (κ3) is 4.00. The molecule has 0 N–H and O–H groups in total. The van der Waals surface area contributed by atoms with Crippen LogP contribution in [0, 0.1) is 5.82 Å². The lowest BCUT2D eigenvalue weighted by Crippen LogP contribution is -2.33. The predicted molar refractivity (Wildman–Crippen MR) is 127 cm³/mol. The average Bonchev–Trinajstić information content (AvgIpc) is 3.49. The number of carbonyl (C=O) groups excluding carboxylic acids is 1. The van der Waals surface area contributed by atoms with Crippen LogP contribution in [0.4, 0.5) is 4.39 Å². The van der Waals surface area contributed by atoms with Gasteiger partial charge >= 0.3 is 0 Å². The van der Waals surface area contributed by atoms with Crippen LogP contribution in [0.2, 0.25) is 10.0 Å². The van der Waals surface area contributed by atoms with Gasteiger partial charge in [-0.3, -0.25) is 14.5 Å². The van der Waals surface area contributed by atoms with E-state index in [0.717, 1.165) is 54.5 Å². The highest BCUT2D eigenvalue weighted by Gasteiger charge is 2.22. The molecule has 1 atom stereocenters. The van der Waals surface area contributed by atoms with E-state index in [2.05, 4.69) is 16.1 Å². The van der Waals surface area contributed by atoms with Gasteiger partial charge in [-0.05, 0) is 44.0 Å². The Bertz CT molecular complexity index is 1330. The molecule has 4 aromatic rings. The molecular formula is C24H22Cl2FN5O. The molecule has 0 radical (unpaired) electrons. The van der Waals surface area contributed by atoms with Gasteiger partial charge in [0.15, 0.2) is 0 Å². The lowest BCUT2D eigenvalue weighted by atomic mass is 10.1. The quantitative estimate of drug-likeness (QED) is 0.267. The summed E-state index contributed by atoms with van der Waals surface area (Å²) in [5, 5.41) is 5.02. The van der Waals surface area contributed by atoms with Crippen molar-refractivity contribution in [1.82, 2.24) is 24.2 Å². The van der Waals surface area contributed by atoms with Crippen molar-refractivity contribution < 1.29 is 9.18 Å². The Labute approximate surface area is 200 Å². The van der Waals surface area contributed by atoms with Crippen LogP contribution in [-0.4, -0.2) is 43.7 Å². The molecule has 1 amide bonds. The summed E-state index contributed by atoms with van der Waals surface area (Å²) < 4.78 is 18.1. The van der Waals surface area contributed by atoms with Crippen LogP contribution < -0.4 is 0 Å². The number of halogens is 3. The van der Waals surface area contributed by atoms with E-state index in [4.69, 9.17) is 23.2 Å². The highest BCUT2D eigenvalue weighted by atomic mass is 35.5. The lowest BCUT2D eigenvalue weighted by molar-refractivity contribution is -0.119.